The van der Waals surface area contributed by atoms with Crippen LogP contribution in [0.25, 0.3) is 21.7 Å². The molecule has 1 heterocycles. The minimum Gasteiger partial charge on any atom is -0.484 e. The summed E-state index contributed by atoms with van der Waals surface area (Å²) in [6.45, 7) is -1.54. The van der Waals surface area contributed by atoms with Crippen LogP contribution in [0.5, 0.6) is 5.75 Å². The van der Waals surface area contributed by atoms with E-state index >= 15 is 0 Å². The van der Waals surface area contributed by atoms with Crippen molar-refractivity contribution in [2.45, 2.75) is 24.4 Å². The SMILES string of the molecule is CN(C[C@@H](O)[C@@H](O)[C@@H](O)[C@H](O)CO)C(=O)COc1ccc2c(c1)oc(=O)c1ccccc12. The molecule has 1 amide bonds. The summed E-state index contributed by atoms with van der Waals surface area (Å²) in [5, 5.41) is 49.6. The maximum absolute atomic E-state index is 12.3. The van der Waals surface area contributed by atoms with Gasteiger partial charge in [0.15, 0.2) is 6.61 Å². The summed E-state index contributed by atoms with van der Waals surface area (Å²) in [6, 6.07) is 11.9. The number of ether oxygens (including phenoxy) is 1. The van der Waals surface area contributed by atoms with E-state index in [1.807, 2.05) is 12.1 Å². The van der Waals surface area contributed by atoms with Crippen molar-refractivity contribution in [1.29, 1.82) is 0 Å². The molecule has 10 nitrogen and oxygen atoms in total. The summed E-state index contributed by atoms with van der Waals surface area (Å²) >= 11 is 0. The molecule has 10 heteroatoms. The Balaban J connectivity index is 1.64. The first kappa shape index (κ1) is 23.6. The summed E-state index contributed by atoms with van der Waals surface area (Å²) in [6.07, 6.45) is -6.75. The van der Waals surface area contributed by atoms with E-state index < -0.39 is 49.2 Å². The van der Waals surface area contributed by atoms with Crippen molar-refractivity contribution >= 4 is 27.6 Å². The van der Waals surface area contributed by atoms with E-state index in [0.717, 1.165) is 15.7 Å². The average molecular weight is 447 g/mol. The number of hydrogen-bond acceptors (Lipinski definition) is 9. The fraction of sp³-hybridized carbons (Fsp3) is 0.364. The lowest BCUT2D eigenvalue weighted by atomic mass is 10.0. The smallest absolute Gasteiger partial charge is 0.344 e. The van der Waals surface area contributed by atoms with Gasteiger partial charge in [-0.1, -0.05) is 18.2 Å². The summed E-state index contributed by atoms with van der Waals surface area (Å²) in [7, 11) is 1.36. The van der Waals surface area contributed by atoms with Crippen LogP contribution in [0.2, 0.25) is 0 Å². The van der Waals surface area contributed by atoms with Gasteiger partial charge in [-0.25, -0.2) is 4.79 Å². The molecule has 0 bridgehead atoms. The van der Waals surface area contributed by atoms with Crippen molar-refractivity contribution in [3.05, 3.63) is 52.9 Å². The summed E-state index contributed by atoms with van der Waals surface area (Å²) < 4.78 is 10.8. The van der Waals surface area contributed by atoms with Crippen LogP contribution in [0, 0.1) is 0 Å². The predicted octanol–water partition coefficient (Wildman–Crippen LogP) is -0.781. The number of fused-ring (bicyclic) bond motifs is 3. The van der Waals surface area contributed by atoms with E-state index in [0.29, 0.717) is 16.7 Å². The largest absolute Gasteiger partial charge is 0.484 e. The van der Waals surface area contributed by atoms with Crippen LogP contribution in [0.3, 0.4) is 0 Å². The molecule has 172 valence electrons. The van der Waals surface area contributed by atoms with Crippen molar-refractivity contribution < 1.29 is 39.5 Å². The van der Waals surface area contributed by atoms with Crippen molar-refractivity contribution in [1.82, 2.24) is 4.90 Å². The molecule has 0 saturated heterocycles. The molecule has 0 saturated carbocycles. The Hall–Kier alpha value is -3.02. The zero-order valence-electron chi connectivity index (χ0n) is 17.3. The number of nitrogens with zero attached hydrogens (tertiary/aromatic N) is 1. The molecule has 32 heavy (non-hydrogen) atoms. The Kier molecular flexibility index (Phi) is 7.44. The molecule has 3 aromatic rings. The number of benzene rings is 2. The van der Waals surface area contributed by atoms with Crippen LogP contribution in [0.15, 0.2) is 51.7 Å². The van der Waals surface area contributed by atoms with E-state index in [4.69, 9.17) is 14.3 Å². The number of carbonyl (C=O) groups excluding carboxylic acids is 1. The number of aliphatic hydroxyl groups excluding tert-OH is 5. The summed E-state index contributed by atoms with van der Waals surface area (Å²) in [5.41, 5.74) is -0.177. The first-order chi connectivity index (χ1) is 15.2. The number of carbonyl (C=O) groups is 1. The number of hydrogen-bond donors (Lipinski definition) is 5. The fourth-order valence-electron chi connectivity index (χ4n) is 3.26. The summed E-state index contributed by atoms with van der Waals surface area (Å²) in [4.78, 5) is 25.6. The molecule has 1 aromatic heterocycles. The van der Waals surface area contributed by atoms with Gasteiger partial charge in [0.1, 0.15) is 35.7 Å². The molecule has 3 rings (SSSR count). The Morgan fingerprint density at radius 2 is 1.66 bits per heavy atom. The number of likely N-dealkylation sites (N-methyl/N-ethyl adjacent to an activating group) is 1. The van der Waals surface area contributed by atoms with Crippen LogP contribution in [-0.4, -0.2) is 87.6 Å². The van der Waals surface area contributed by atoms with Gasteiger partial charge < -0.3 is 39.6 Å². The third-order valence-electron chi connectivity index (χ3n) is 5.17. The van der Waals surface area contributed by atoms with Gasteiger partial charge in [-0.3, -0.25) is 4.79 Å². The molecular weight excluding hydrogens is 422 g/mol. The zero-order valence-corrected chi connectivity index (χ0v) is 17.3. The zero-order chi connectivity index (χ0) is 23.4. The maximum atomic E-state index is 12.3. The second-order valence-electron chi connectivity index (χ2n) is 7.45. The van der Waals surface area contributed by atoms with Crippen molar-refractivity contribution in [3.8, 4) is 5.75 Å². The number of rotatable bonds is 9. The van der Waals surface area contributed by atoms with Crippen LogP contribution in [0.1, 0.15) is 0 Å². The Labute approximate surface area is 182 Å². The third-order valence-corrected chi connectivity index (χ3v) is 5.17. The van der Waals surface area contributed by atoms with E-state index in [2.05, 4.69) is 0 Å². The van der Waals surface area contributed by atoms with Crippen LogP contribution < -0.4 is 10.4 Å². The van der Waals surface area contributed by atoms with Crippen LogP contribution in [0.4, 0.5) is 0 Å². The topological polar surface area (TPSA) is 161 Å². The minimum atomic E-state index is -1.78. The molecular formula is C22H25NO9. The molecule has 0 radical (unpaired) electrons. The Bertz CT molecular complexity index is 1150. The molecule has 0 aliphatic carbocycles. The predicted molar refractivity (Wildman–Crippen MR) is 114 cm³/mol. The molecule has 0 fully saturated rings. The fourth-order valence-corrected chi connectivity index (χ4v) is 3.26. The lowest BCUT2D eigenvalue weighted by Gasteiger charge is -2.28. The highest BCUT2D eigenvalue weighted by atomic mass is 16.5. The van der Waals surface area contributed by atoms with Gasteiger partial charge >= 0.3 is 5.63 Å². The van der Waals surface area contributed by atoms with E-state index in [9.17, 15) is 30.0 Å². The highest BCUT2D eigenvalue weighted by molar-refractivity contribution is 6.04. The van der Waals surface area contributed by atoms with Gasteiger partial charge in [-0.2, -0.15) is 0 Å². The van der Waals surface area contributed by atoms with Gasteiger partial charge in [-0.15, -0.1) is 0 Å². The highest BCUT2D eigenvalue weighted by Crippen LogP contribution is 2.26. The minimum absolute atomic E-state index is 0.291. The second-order valence-corrected chi connectivity index (χ2v) is 7.45. The quantitative estimate of drug-likeness (QED) is 0.209. The van der Waals surface area contributed by atoms with Gasteiger partial charge in [0.2, 0.25) is 0 Å². The van der Waals surface area contributed by atoms with Crippen LogP contribution in [-0.2, 0) is 4.79 Å². The van der Waals surface area contributed by atoms with E-state index in [1.54, 1.807) is 24.3 Å². The first-order valence-electron chi connectivity index (χ1n) is 9.88. The first-order valence-corrected chi connectivity index (χ1v) is 9.88. The molecule has 0 spiro atoms. The monoisotopic (exact) mass is 447 g/mol. The average Bonchev–Trinajstić information content (AvgIpc) is 2.80. The van der Waals surface area contributed by atoms with Crippen molar-refractivity contribution in [2.24, 2.45) is 0 Å². The van der Waals surface area contributed by atoms with Gasteiger partial charge in [-0.05, 0) is 23.6 Å². The number of amides is 1. The normalized spacial score (nSPS) is 15.3. The lowest BCUT2D eigenvalue weighted by Crippen LogP contribution is -2.50. The maximum Gasteiger partial charge on any atom is 0.344 e. The number of aliphatic hydroxyl groups is 5. The molecule has 4 atom stereocenters. The van der Waals surface area contributed by atoms with Crippen LogP contribution >= 0.6 is 0 Å². The van der Waals surface area contributed by atoms with Gasteiger partial charge in [0.25, 0.3) is 5.91 Å². The highest BCUT2D eigenvalue weighted by Gasteiger charge is 2.31. The molecule has 2 aromatic carbocycles. The van der Waals surface area contributed by atoms with Gasteiger partial charge in [0.05, 0.1) is 12.0 Å². The van der Waals surface area contributed by atoms with Gasteiger partial charge in [0, 0.05) is 25.0 Å². The third kappa shape index (κ3) is 5.06. The van der Waals surface area contributed by atoms with Crippen molar-refractivity contribution in [2.75, 3.05) is 26.8 Å². The van der Waals surface area contributed by atoms with E-state index in [1.165, 1.54) is 13.1 Å². The summed E-state index contributed by atoms with van der Waals surface area (Å²) in [5.74, 6) is -0.242. The second kappa shape index (κ2) is 10.1. The molecule has 0 aliphatic rings. The standard InChI is InChI=1S/C22H25NO9/c1-23(9-16(25)20(28)21(29)17(26)10-24)19(27)11-31-12-6-7-14-13-4-2-3-5-15(13)22(30)32-18(14)8-12/h2-8,16-17,20-21,24-26,28-29H,9-11H2,1H3/t16-,17-,20-,21+/m1/s1. The molecule has 5 N–H and O–H groups in total. The molecule has 0 unspecified atom stereocenters. The van der Waals surface area contributed by atoms with E-state index in [-0.39, 0.29) is 6.54 Å². The molecule has 0 aliphatic heterocycles. The lowest BCUT2D eigenvalue weighted by molar-refractivity contribution is -0.139. The Morgan fingerprint density at radius 1 is 1.00 bits per heavy atom. The Morgan fingerprint density at radius 3 is 2.34 bits per heavy atom. The van der Waals surface area contributed by atoms with Crippen molar-refractivity contribution in [3.63, 3.8) is 0 Å².